The molecule has 0 aliphatic carbocycles. The fourth-order valence-corrected chi connectivity index (χ4v) is 1.95. The summed E-state index contributed by atoms with van der Waals surface area (Å²) >= 11 is 0. The predicted molar refractivity (Wildman–Crippen MR) is 84.0 cm³/mol. The van der Waals surface area contributed by atoms with Gasteiger partial charge >= 0.3 is 12.0 Å². The quantitative estimate of drug-likeness (QED) is 0.433. The van der Waals surface area contributed by atoms with Crippen molar-refractivity contribution in [3.8, 4) is 0 Å². The molecule has 8 heteroatoms. The lowest BCUT2D eigenvalue weighted by Gasteiger charge is -2.27. The number of nitrogens with one attached hydrogen (secondary N) is 1. The fraction of sp³-hybridized carbons (Fsp3) is 0.467. The summed E-state index contributed by atoms with van der Waals surface area (Å²) in [6, 6.07) is 5.68. The molecule has 0 spiro atoms. The summed E-state index contributed by atoms with van der Waals surface area (Å²) in [5, 5.41) is 21.9. The molecule has 0 radical (unpaired) electrons. The van der Waals surface area contributed by atoms with Crippen molar-refractivity contribution in [1.29, 1.82) is 0 Å². The Labute approximate surface area is 134 Å². The first-order valence-electron chi connectivity index (χ1n) is 7.31. The third-order valence-electron chi connectivity index (χ3n) is 3.23. The summed E-state index contributed by atoms with van der Waals surface area (Å²) in [4.78, 5) is 34.3. The molecule has 0 fully saturated rings. The van der Waals surface area contributed by atoms with Gasteiger partial charge in [-0.2, -0.15) is 0 Å². The molecule has 1 aromatic rings. The number of carboxylic acid groups (broad SMARTS) is 1. The van der Waals surface area contributed by atoms with Gasteiger partial charge in [0.25, 0.3) is 5.69 Å². The van der Waals surface area contributed by atoms with E-state index in [1.165, 1.54) is 12.1 Å². The zero-order chi connectivity index (χ0) is 17.4. The van der Waals surface area contributed by atoms with Gasteiger partial charge in [-0.1, -0.05) is 12.1 Å². The van der Waals surface area contributed by atoms with Crippen molar-refractivity contribution in [1.82, 2.24) is 10.2 Å². The van der Waals surface area contributed by atoms with Crippen molar-refractivity contribution in [2.24, 2.45) is 0 Å². The Kier molecular flexibility index (Phi) is 6.98. The van der Waals surface area contributed by atoms with Crippen LogP contribution in [-0.2, 0) is 11.3 Å². The van der Waals surface area contributed by atoms with E-state index >= 15 is 0 Å². The van der Waals surface area contributed by atoms with Crippen molar-refractivity contribution in [2.75, 3.05) is 6.54 Å². The van der Waals surface area contributed by atoms with Gasteiger partial charge in [-0.05, 0) is 25.8 Å². The molecule has 126 valence electrons. The Morgan fingerprint density at radius 1 is 1.30 bits per heavy atom. The van der Waals surface area contributed by atoms with E-state index in [0.717, 1.165) is 5.56 Å². The normalized spacial score (nSPS) is 10.4. The largest absolute Gasteiger partial charge is 0.481 e. The minimum Gasteiger partial charge on any atom is -0.481 e. The van der Waals surface area contributed by atoms with Gasteiger partial charge in [0.05, 0.1) is 4.92 Å². The third kappa shape index (κ3) is 6.33. The van der Waals surface area contributed by atoms with Crippen LogP contribution in [0, 0.1) is 10.1 Å². The second kappa shape index (κ2) is 8.72. The van der Waals surface area contributed by atoms with E-state index < -0.39 is 10.9 Å². The van der Waals surface area contributed by atoms with Gasteiger partial charge in [0.15, 0.2) is 0 Å². The molecule has 0 saturated carbocycles. The summed E-state index contributed by atoms with van der Waals surface area (Å²) in [6.45, 7) is 4.33. The summed E-state index contributed by atoms with van der Waals surface area (Å²) < 4.78 is 0. The SMILES string of the molecule is CC(C)N(Cc1ccc([N+](=O)[O-])cc1)C(=O)NCCCC(=O)O. The average molecular weight is 323 g/mol. The van der Waals surface area contributed by atoms with E-state index in [-0.39, 0.29) is 30.7 Å². The minimum atomic E-state index is -0.897. The topological polar surface area (TPSA) is 113 Å². The van der Waals surface area contributed by atoms with Crippen LogP contribution in [0.25, 0.3) is 0 Å². The maximum Gasteiger partial charge on any atom is 0.317 e. The van der Waals surface area contributed by atoms with E-state index in [1.807, 2.05) is 13.8 Å². The van der Waals surface area contributed by atoms with Gasteiger partial charge in [-0.15, -0.1) is 0 Å². The molecule has 0 aliphatic rings. The molecule has 0 unspecified atom stereocenters. The van der Waals surface area contributed by atoms with Crippen molar-refractivity contribution in [3.05, 3.63) is 39.9 Å². The van der Waals surface area contributed by atoms with Crippen LogP contribution in [0.5, 0.6) is 0 Å². The van der Waals surface area contributed by atoms with E-state index in [1.54, 1.807) is 17.0 Å². The number of carbonyl (C=O) groups excluding carboxylic acids is 1. The van der Waals surface area contributed by atoms with Crippen LogP contribution in [0.4, 0.5) is 10.5 Å². The van der Waals surface area contributed by atoms with Gasteiger partial charge in [0.2, 0.25) is 0 Å². The lowest BCUT2D eigenvalue weighted by Crippen LogP contribution is -2.43. The highest BCUT2D eigenvalue weighted by Gasteiger charge is 2.17. The van der Waals surface area contributed by atoms with Gasteiger partial charge in [-0.3, -0.25) is 14.9 Å². The number of carbonyl (C=O) groups is 2. The number of hydrogen-bond donors (Lipinski definition) is 2. The summed E-state index contributed by atoms with van der Waals surface area (Å²) in [5.41, 5.74) is 0.785. The molecule has 8 nitrogen and oxygen atoms in total. The monoisotopic (exact) mass is 323 g/mol. The van der Waals surface area contributed by atoms with Crippen molar-refractivity contribution >= 4 is 17.7 Å². The fourth-order valence-electron chi connectivity index (χ4n) is 1.95. The van der Waals surface area contributed by atoms with E-state index in [4.69, 9.17) is 5.11 Å². The molecule has 2 amide bonds. The number of amides is 2. The van der Waals surface area contributed by atoms with Crippen LogP contribution < -0.4 is 5.32 Å². The molecular weight excluding hydrogens is 302 g/mol. The molecule has 1 rings (SSSR count). The molecule has 0 atom stereocenters. The molecule has 0 heterocycles. The van der Waals surface area contributed by atoms with Crippen molar-refractivity contribution in [2.45, 2.75) is 39.3 Å². The molecule has 2 N–H and O–H groups in total. The summed E-state index contributed by atoms with van der Waals surface area (Å²) in [5.74, 6) is -0.897. The molecular formula is C15H21N3O5. The van der Waals surface area contributed by atoms with Gasteiger partial charge in [0.1, 0.15) is 0 Å². The third-order valence-corrected chi connectivity index (χ3v) is 3.23. The van der Waals surface area contributed by atoms with Crippen LogP contribution in [0.15, 0.2) is 24.3 Å². The molecule has 0 saturated heterocycles. The van der Waals surface area contributed by atoms with E-state index in [2.05, 4.69) is 5.32 Å². The van der Waals surface area contributed by atoms with Crippen LogP contribution in [0.1, 0.15) is 32.3 Å². The first-order valence-corrected chi connectivity index (χ1v) is 7.31. The van der Waals surface area contributed by atoms with Gasteiger partial charge in [-0.25, -0.2) is 4.79 Å². The molecule has 0 aliphatic heterocycles. The van der Waals surface area contributed by atoms with Crippen LogP contribution in [-0.4, -0.2) is 39.5 Å². The number of aliphatic carboxylic acids is 1. The van der Waals surface area contributed by atoms with Crippen LogP contribution >= 0.6 is 0 Å². The Morgan fingerprint density at radius 2 is 1.91 bits per heavy atom. The number of nitro benzene ring substituents is 1. The highest BCUT2D eigenvalue weighted by atomic mass is 16.6. The number of nitro groups is 1. The lowest BCUT2D eigenvalue weighted by atomic mass is 10.2. The zero-order valence-electron chi connectivity index (χ0n) is 13.2. The Morgan fingerprint density at radius 3 is 2.39 bits per heavy atom. The number of carboxylic acids is 1. The Bertz CT molecular complexity index is 557. The maximum atomic E-state index is 12.2. The van der Waals surface area contributed by atoms with Gasteiger partial charge < -0.3 is 15.3 Å². The average Bonchev–Trinajstić information content (AvgIpc) is 2.48. The van der Waals surface area contributed by atoms with E-state index in [9.17, 15) is 19.7 Å². The lowest BCUT2D eigenvalue weighted by molar-refractivity contribution is -0.384. The number of benzene rings is 1. The molecule has 23 heavy (non-hydrogen) atoms. The Balaban J connectivity index is 2.61. The van der Waals surface area contributed by atoms with Crippen molar-refractivity contribution < 1.29 is 19.6 Å². The van der Waals surface area contributed by atoms with Crippen LogP contribution in [0.2, 0.25) is 0 Å². The predicted octanol–water partition coefficient (Wildman–Crippen LogP) is 2.38. The minimum absolute atomic E-state index is 0.00275. The molecule has 0 aromatic heterocycles. The van der Waals surface area contributed by atoms with Crippen molar-refractivity contribution in [3.63, 3.8) is 0 Å². The Hall–Kier alpha value is -2.64. The number of hydrogen-bond acceptors (Lipinski definition) is 4. The van der Waals surface area contributed by atoms with E-state index in [0.29, 0.717) is 13.0 Å². The number of rotatable bonds is 8. The standard InChI is InChI=1S/C15H21N3O5/c1-11(2)17(15(21)16-9-3-4-14(19)20)10-12-5-7-13(8-6-12)18(22)23/h5-8,11H,3-4,9-10H2,1-2H3,(H,16,21)(H,19,20). The number of urea groups is 1. The highest BCUT2D eigenvalue weighted by molar-refractivity contribution is 5.74. The highest BCUT2D eigenvalue weighted by Crippen LogP contribution is 2.14. The summed E-state index contributed by atoms with van der Waals surface area (Å²) in [6.07, 6.45) is 0.370. The molecule has 0 bridgehead atoms. The number of non-ortho nitro benzene ring substituents is 1. The second-order valence-corrected chi connectivity index (χ2v) is 5.37. The first-order chi connectivity index (χ1) is 10.8. The maximum absolute atomic E-state index is 12.2. The smallest absolute Gasteiger partial charge is 0.317 e. The van der Waals surface area contributed by atoms with Gasteiger partial charge in [0, 0.05) is 37.7 Å². The molecule has 1 aromatic carbocycles. The first kappa shape index (κ1) is 18.4. The second-order valence-electron chi connectivity index (χ2n) is 5.37. The summed E-state index contributed by atoms with van der Waals surface area (Å²) in [7, 11) is 0. The number of nitrogens with zero attached hydrogens (tertiary/aromatic N) is 2. The van der Waals surface area contributed by atoms with Crippen LogP contribution in [0.3, 0.4) is 0 Å². The zero-order valence-corrected chi connectivity index (χ0v) is 13.2.